The van der Waals surface area contributed by atoms with Gasteiger partial charge in [-0.25, -0.2) is 10.0 Å². The molecule has 3 aromatic rings. The number of hydrogen-bond acceptors (Lipinski definition) is 6. The van der Waals surface area contributed by atoms with Gasteiger partial charge in [0.05, 0.1) is 32.4 Å². The molecule has 2 atom stereocenters. The maximum atomic E-state index is 9.97. The van der Waals surface area contributed by atoms with Crippen LogP contribution in [-0.4, -0.2) is 57.9 Å². The van der Waals surface area contributed by atoms with Crippen molar-refractivity contribution in [2.24, 2.45) is 4.99 Å². The molecular weight excluding hydrogens is 370 g/mol. The Morgan fingerprint density at radius 1 is 1.31 bits per heavy atom. The number of aromatic nitrogens is 2. The Morgan fingerprint density at radius 2 is 2.17 bits per heavy atom. The Kier molecular flexibility index (Phi) is 4.20. The maximum absolute atomic E-state index is 9.97. The van der Waals surface area contributed by atoms with E-state index in [2.05, 4.69) is 26.5 Å². The minimum atomic E-state index is -0.826. The minimum absolute atomic E-state index is 0.117. The van der Waals surface area contributed by atoms with Crippen LogP contribution in [0.5, 0.6) is 5.75 Å². The predicted octanol–water partition coefficient (Wildman–Crippen LogP) is 2.09. The lowest BCUT2D eigenvalue weighted by Crippen LogP contribution is -2.29. The van der Waals surface area contributed by atoms with Gasteiger partial charge in [0.15, 0.2) is 0 Å². The second-order valence-electron chi connectivity index (χ2n) is 7.45. The summed E-state index contributed by atoms with van der Waals surface area (Å²) in [6, 6.07) is 8.11. The Bertz CT molecular complexity index is 1140. The summed E-state index contributed by atoms with van der Waals surface area (Å²) in [5.74, 6) is 1.61. The van der Waals surface area contributed by atoms with Gasteiger partial charge in [-0.15, -0.1) is 0 Å². The first-order valence-corrected chi connectivity index (χ1v) is 9.51. The van der Waals surface area contributed by atoms with Gasteiger partial charge in [-0.2, -0.15) is 0 Å². The molecule has 2 unspecified atom stereocenters. The molecular formula is C21H23N5O3. The van der Waals surface area contributed by atoms with E-state index in [0.29, 0.717) is 6.54 Å². The van der Waals surface area contributed by atoms with Crippen molar-refractivity contribution in [3.8, 4) is 17.0 Å². The number of nitrogens with zero attached hydrogens (tertiary/aromatic N) is 3. The smallest absolute Gasteiger partial charge is 0.135 e. The monoisotopic (exact) mass is 393 g/mol. The van der Waals surface area contributed by atoms with Crippen molar-refractivity contribution < 1.29 is 14.9 Å². The first kappa shape index (κ1) is 18.0. The number of H-pyrrole nitrogens is 1. The van der Waals surface area contributed by atoms with E-state index < -0.39 is 6.10 Å². The molecule has 0 spiro atoms. The zero-order chi connectivity index (χ0) is 20.1. The van der Waals surface area contributed by atoms with Gasteiger partial charge in [-0.05, 0) is 24.3 Å². The van der Waals surface area contributed by atoms with Crippen LogP contribution in [0, 0.1) is 0 Å². The second kappa shape index (κ2) is 6.77. The molecule has 8 nitrogen and oxygen atoms in total. The third-order valence-corrected chi connectivity index (χ3v) is 5.60. The molecule has 4 N–H and O–H groups in total. The number of hydrogen-bond donors (Lipinski definition) is 4. The fraction of sp³-hybridized carbons (Fsp3) is 0.286. The van der Waals surface area contributed by atoms with Gasteiger partial charge in [-0.1, -0.05) is 0 Å². The van der Waals surface area contributed by atoms with Crippen molar-refractivity contribution in [3.63, 3.8) is 0 Å². The number of aromatic amines is 1. The Balaban J connectivity index is 1.65. The predicted molar refractivity (Wildman–Crippen MR) is 111 cm³/mol. The number of ether oxygens (including phenoxy) is 1. The maximum Gasteiger partial charge on any atom is 0.135 e. The lowest BCUT2D eigenvalue weighted by molar-refractivity contribution is 0.0822. The molecule has 0 fully saturated rings. The number of benzene rings is 1. The quantitative estimate of drug-likeness (QED) is 0.532. The van der Waals surface area contributed by atoms with Crippen molar-refractivity contribution in [1.82, 2.24) is 20.0 Å². The summed E-state index contributed by atoms with van der Waals surface area (Å²) in [5, 5.41) is 22.3. The molecule has 29 heavy (non-hydrogen) atoms. The molecule has 2 aliphatic heterocycles. The van der Waals surface area contributed by atoms with Gasteiger partial charge < -0.3 is 29.9 Å². The van der Waals surface area contributed by atoms with E-state index in [9.17, 15) is 10.2 Å². The normalized spacial score (nSPS) is 19.0. The van der Waals surface area contributed by atoms with E-state index in [1.165, 1.54) is 0 Å². The van der Waals surface area contributed by atoms with Crippen LogP contribution in [0.25, 0.3) is 22.2 Å². The molecule has 4 heterocycles. The van der Waals surface area contributed by atoms with Gasteiger partial charge in [0, 0.05) is 59.0 Å². The molecule has 0 saturated heterocycles. The Morgan fingerprint density at radius 3 is 2.97 bits per heavy atom. The van der Waals surface area contributed by atoms with Gasteiger partial charge in [0.25, 0.3) is 0 Å². The summed E-state index contributed by atoms with van der Waals surface area (Å²) < 4.78 is 7.38. The lowest BCUT2D eigenvalue weighted by atomic mass is 10.00. The van der Waals surface area contributed by atoms with Crippen molar-refractivity contribution >= 4 is 22.9 Å². The average molecular weight is 393 g/mol. The summed E-state index contributed by atoms with van der Waals surface area (Å²) in [6.07, 6.45) is 5.02. The van der Waals surface area contributed by atoms with Crippen LogP contribution in [0.15, 0.2) is 47.2 Å². The number of methoxy groups -OCH3 is 1. The van der Waals surface area contributed by atoms with E-state index >= 15 is 0 Å². The largest absolute Gasteiger partial charge is 0.497 e. The zero-order valence-electron chi connectivity index (χ0n) is 16.3. The number of aliphatic hydroxyl groups is 2. The molecule has 2 aliphatic rings. The van der Waals surface area contributed by atoms with Crippen molar-refractivity contribution in [3.05, 3.63) is 47.8 Å². The molecule has 0 saturated carbocycles. The molecule has 0 aliphatic carbocycles. The highest BCUT2D eigenvalue weighted by atomic mass is 16.5. The number of aliphatic hydroxyl groups excluding tert-OH is 2. The SMILES string of the molecule is COc1ccc2c(c1)c(-c1cc3c([nH]1)N=CC1=CNN(C)C13)cn2CC(O)CO. The van der Waals surface area contributed by atoms with Crippen LogP contribution >= 0.6 is 0 Å². The van der Waals surface area contributed by atoms with Gasteiger partial charge in [-0.3, -0.25) is 0 Å². The standard InChI is InChI=1S/C21H23N5O3/c1-25-20-12(8-23-25)7-22-21-16(20)6-18(24-21)17-10-26(9-13(28)11-27)19-4-3-14(29-2)5-15(17)19/h3-8,10,13,20,23-24,27-28H,9,11H2,1-2H3. The molecule has 1 aromatic carbocycles. The molecule has 8 heteroatoms. The molecule has 2 aromatic heterocycles. The Hall–Kier alpha value is -3.07. The highest BCUT2D eigenvalue weighted by Gasteiger charge is 2.32. The van der Waals surface area contributed by atoms with Crippen LogP contribution in [0.4, 0.5) is 5.82 Å². The number of nitrogens with one attached hydrogen (secondary N) is 2. The van der Waals surface area contributed by atoms with Crippen LogP contribution < -0.4 is 10.2 Å². The third kappa shape index (κ3) is 2.84. The fourth-order valence-electron chi connectivity index (χ4n) is 4.16. The minimum Gasteiger partial charge on any atom is -0.497 e. The molecule has 5 rings (SSSR count). The van der Waals surface area contributed by atoms with E-state index in [1.54, 1.807) is 7.11 Å². The summed E-state index contributed by atoms with van der Waals surface area (Å²) in [5.41, 5.74) is 8.36. The van der Waals surface area contributed by atoms with Crippen molar-refractivity contribution in [2.45, 2.75) is 18.7 Å². The summed E-state index contributed by atoms with van der Waals surface area (Å²) in [4.78, 5) is 8.03. The molecule has 0 radical (unpaired) electrons. The zero-order valence-corrected chi connectivity index (χ0v) is 16.3. The summed E-state index contributed by atoms with van der Waals surface area (Å²) >= 11 is 0. The van der Waals surface area contributed by atoms with Gasteiger partial charge in [0.2, 0.25) is 0 Å². The van der Waals surface area contributed by atoms with Gasteiger partial charge >= 0.3 is 0 Å². The topological polar surface area (TPSA) is 98.0 Å². The Labute approximate surface area is 167 Å². The fourth-order valence-corrected chi connectivity index (χ4v) is 4.16. The first-order chi connectivity index (χ1) is 14.1. The van der Waals surface area contributed by atoms with E-state index in [0.717, 1.165) is 44.9 Å². The number of hydrazine groups is 1. The molecule has 0 amide bonds. The highest BCUT2D eigenvalue weighted by Crippen LogP contribution is 2.42. The number of aliphatic imine (C=N–C) groups is 1. The summed E-state index contributed by atoms with van der Waals surface area (Å²) in [7, 11) is 3.66. The number of rotatable bonds is 5. The number of likely N-dealkylation sites (N-methyl/N-ethyl adjacent to an activating group) is 1. The first-order valence-electron chi connectivity index (χ1n) is 9.51. The van der Waals surface area contributed by atoms with E-state index in [4.69, 9.17) is 4.74 Å². The van der Waals surface area contributed by atoms with Gasteiger partial charge in [0.1, 0.15) is 11.6 Å². The molecule has 0 bridgehead atoms. The van der Waals surface area contributed by atoms with Crippen LogP contribution in [0.3, 0.4) is 0 Å². The van der Waals surface area contributed by atoms with E-state index in [-0.39, 0.29) is 12.6 Å². The van der Waals surface area contributed by atoms with Crippen molar-refractivity contribution in [2.75, 3.05) is 20.8 Å². The van der Waals surface area contributed by atoms with Crippen LogP contribution in [-0.2, 0) is 6.54 Å². The second-order valence-corrected chi connectivity index (χ2v) is 7.45. The van der Waals surface area contributed by atoms with Crippen LogP contribution in [0.2, 0.25) is 0 Å². The average Bonchev–Trinajstić information content (AvgIpc) is 3.42. The lowest BCUT2D eigenvalue weighted by Gasteiger charge is -2.23. The van der Waals surface area contributed by atoms with E-state index in [1.807, 2.05) is 48.4 Å². The third-order valence-electron chi connectivity index (χ3n) is 5.60. The molecule has 150 valence electrons. The number of fused-ring (bicyclic) bond motifs is 4. The van der Waals surface area contributed by atoms with Crippen molar-refractivity contribution in [1.29, 1.82) is 0 Å². The summed E-state index contributed by atoms with van der Waals surface area (Å²) in [6.45, 7) is 0.0207. The highest BCUT2D eigenvalue weighted by molar-refractivity contribution is 5.97. The van der Waals surface area contributed by atoms with Crippen LogP contribution in [0.1, 0.15) is 11.6 Å².